The van der Waals surface area contributed by atoms with Gasteiger partial charge < -0.3 is 5.73 Å². The van der Waals surface area contributed by atoms with Crippen LogP contribution in [0, 0.1) is 0 Å². The fourth-order valence-corrected chi connectivity index (χ4v) is 1.57. The van der Waals surface area contributed by atoms with Crippen LogP contribution in [-0.4, -0.2) is 18.4 Å². The van der Waals surface area contributed by atoms with E-state index in [0.717, 1.165) is 0 Å². The third kappa shape index (κ3) is 3.09. The van der Waals surface area contributed by atoms with E-state index < -0.39 is 0 Å². The summed E-state index contributed by atoms with van der Waals surface area (Å²) in [6.07, 6.45) is 5.60. The second-order valence-corrected chi connectivity index (χ2v) is 3.61. The molecule has 12 heavy (non-hydrogen) atoms. The van der Waals surface area contributed by atoms with Crippen LogP contribution in [0.5, 0.6) is 0 Å². The Balaban J connectivity index is 2.13. The molecule has 4 N–H and O–H groups in total. The summed E-state index contributed by atoms with van der Waals surface area (Å²) in [6, 6.07) is 0.658. The quantitative estimate of drug-likeness (QED) is 0.517. The van der Waals surface area contributed by atoms with Gasteiger partial charge in [-0.25, -0.2) is 0 Å². The number of hydrogen-bond acceptors (Lipinski definition) is 3. The minimum Gasteiger partial charge on any atom is -0.313 e. The van der Waals surface area contributed by atoms with Crippen LogP contribution in [0.25, 0.3) is 0 Å². The van der Waals surface area contributed by atoms with Crippen LogP contribution in [-0.2, 0) is 0 Å². The predicted molar refractivity (Wildman–Crippen MR) is 51.6 cm³/mol. The molecule has 1 heterocycles. The van der Waals surface area contributed by atoms with Gasteiger partial charge in [-0.2, -0.15) is 0 Å². The fraction of sp³-hybridized carbons (Fsp3) is 1.00. The van der Waals surface area contributed by atoms with Gasteiger partial charge in [0.1, 0.15) is 0 Å². The Kier molecular flexibility index (Phi) is 3.98. The molecule has 1 aliphatic rings. The third-order valence-corrected chi connectivity index (χ3v) is 2.31. The molecule has 0 radical (unpaired) electrons. The Hall–Kier alpha value is -0.120. The lowest BCUT2D eigenvalue weighted by Crippen LogP contribution is -2.34. The second-order valence-electron chi connectivity index (χ2n) is 3.61. The molecule has 1 fully saturated rings. The van der Waals surface area contributed by atoms with E-state index in [1.54, 1.807) is 0 Å². The van der Waals surface area contributed by atoms with Crippen molar-refractivity contribution in [2.45, 2.75) is 57.9 Å². The van der Waals surface area contributed by atoms with Gasteiger partial charge in [0.05, 0.1) is 12.3 Å². The summed E-state index contributed by atoms with van der Waals surface area (Å²) in [5.74, 6) is 0. The Morgan fingerprint density at radius 2 is 1.83 bits per heavy atom. The van der Waals surface area contributed by atoms with Crippen LogP contribution in [0.2, 0.25) is 0 Å². The lowest BCUT2D eigenvalue weighted by molar-refractivity contribution is 0.435. The van der Waals surface area contributed by atoms with Gasteiger partial charge in [-0.05, 0) is 12.8 Å². The van der Waals surface area contributed by atoms with E-state index >= 15 is 0 Å². The van der Waals surface area contributed by atoms with Crippen LogP contribution in [0.3, 0.4) is 0 Å². The summed E-state index contributed by atoms with van der Waals surface area (Å²) >= 11 is 0. The van der Waals surface area contributed by atoms with Crippen LogP contribution < -0.4 is 16.4 Å². The van der Waals surface area contributed by atoms with E-state index in [0.29, 0.717) is 12.2 Å². The highest BCUT2D eigenvalue weighted by molar-refractivity contribution is 4.92. The Morgan fingerprint density at radius 1 is 1.33 bits per heavy atom. The highest BCUT2D eigenvalue weighted by atomic mass is 15.4. The number of nitrogens with two attached hydrogens (primary N) is 1. The van der Waals surface area contributed by atoms with Gasteiger partial charge in [0.2, 0.25) is 0 Å². The zero-order chi connectivity index (χ0) is 8.97. The lowest BCUT2D eigenvalue weighted by Gasteiger charge is -2.15. The molecule has 0 bridgehead atoms. The van der Waals surface area contributed by atoms with Gasteiger partial charge >= 0.3 is 0 Å². The van der Waals surface area contributed by atoms with Gasteiger partial charge in [-0.15, -0.1) is 0 Å². The van der Waals surface area contributed by atoms with Crippen molar-refractivity contribution in [1.82, 2.24) is 10.6 Å². The van der Waals surface area contributed by atoms with E-state index in [4.69, 9.17) is 5.73 Å². The monoisotopic (exact) mass is 171 g/mol. The standard InChI is InChI=1S/C9H21N3/c1-3-5-7(6-4-2)11-9-8(10)12-9/h7-9,11-12H,3-6,10H2,1-2H3. The van der Waals surface area contributed by atoms with Gasteiger partial charge in [0.15, 0.2) is 0 Å². The van der Waals surface area contributed by atoms with E-state index in [2.05, 4.69) is 24.5 Å². The molecule has 0 aromatic rings. The Morgan fingerprint density at radius 3 is 2.17 bits per heavy atom. The van der Waals surface area contributed by atoms with Crippen molar-refractivity contribution in [2.75, 3.05) is 0 Å². The van der Waals surface area contributed by atoms with Crippen LogP contribution in [0.15, 0.2) is 0 Å². The van der Waals surface area contributed by atoms with Crippen molar-refractivity contribution < 1.29 is 0 Å². The average Bonchev–Trinajstić information content (AvgIpc) is 2.67. The minimum atomic E-state index is 0.196. The van der Waals surface area contributed by atoms with E-state index in [1.807, 2.05) is 0 Å². The summed E-state index contributed by atoms with van der Waals surface area (Å²) in [6.45, 7) is 4.45. The molecule has 0 aromatic heterocycles. The maximum Gasteiger partial charge on any atom is 0.0879 e. The SMILES string of the molecule is CCCC(CCC)NC1NC1N. The van der Waals surface area contributed by atoms with Crippen LogP contribution in [0.4, 0.5) is 0 Å². The molecule has 2 unspecified atom stereocenters. The zero-order valence-electron chi connectivity index (χ0n) is 8.14. The lowest BCUT2D eigenvalue weighted by atomic mass is 10.1. The summed E-state index contributed by atoms with van der Waals surface area (Å²) in [5, 5.41) is 6.65. The van der Waals surface area contributed by atoms with Crippen molar-refractivity contribution >= 4 is 0 Å². The molecule has 0 aliphatic carbocycles. The van der Waals surface area contributed by atoms with Crippen molar-refractivity contribution in [3.05, 3.63) is 0 Å². The molecule has 0 amide bonds. The number of nitrogens with one attached hydrogen (secondary N) is 2. The normalized spacial score (nSPS) is 28.0. The first-order valence-electron chi connectivity index (χ1n) is 5.05. The maximum atomic E-state index is 5.63. The maximum absolute atomic E-state index is 5.63. The van der Waals surface area contributed by atoms with Gasteiger partial charge in [-0.1, -0.05) is 26.7 Å². The first-order valence-corrected chi connectivity index (χ1v) is 5.05. The highest BCUT2D eigenvalue weighted by Gasteiger charge is 2.33. The van der Waals surface area contributed by atoms with Crippen molar-refractivity contribution in [3.63, 3.8) is 0 Å². The molecular weight excluding hydrogens is 150 g/mol. The summed E-state index contributed by atoms with van der Waals surface area (Å²) < 4.78 is 0. The van der Waals surface area contributed by atoms with E-state index in [1.165, 1.54) is 25.7 Å². The minimum absolute atomic E-state index is 0.196. The van der Waals surface area contributed by atoms with Crippen molar-refractivity contribution in [2.24, 2.45) is 5.73 Å². The summed E-state index contributed by atoms with van der Waals surface area (Å²) in [5.41, 5.74) is 5.63. The summed E-state index contributed by atoms with van der Waals surface area (Å²) in [7, 11) is 0. The molecule has 72 valence electrons. The van der Waals surface area contributed by atoms with E-state index in [9.17, 15) is 0 Å². The van der Waals surface area contributed by atoms with Gasteiger partial charge in [-0.3, -0.25) is 10.6 Å². The Labute approximate surface area is 75.1 Å². The van der Waals surface area contributed by atoms with Crippen LogP contribution >= 0.6 is 0 Å². The zero-order valence-corrected chi connectivity index (χ0v) is 8.14. The average molecular weight is 171 g/mol. The van der Waals surface area contributed by atoms with Crippen molar-refractivity contribution in [1.29, 1.82) is 0 Å². The molecule has 1 saturated heterocycles. The second kappa shape index (κ2) is 4.80. The van der Waals surface area contributed by atoms with Crippen LogP contribution in [0.1, 0.15) is 39.5 Å². The van der Waals surface area contributed by atoms with Gasteiger partial charge in [0.25, 0.3) is 0 Å². The predicted octanol–water partition coefficient (Wildman–Crippen LogP) is 0.759. The third-order valence-electron chi connectivity index (χ3n) is 2.31. The fourth-order valence-electron chi connectivity index (χ4n) is 1.57. The molecule has 0 aromatic carbocycles. The first kappa shape index (κ1) is 9.96. The summed E-state index contributed by atoms with van der Waals surface area (Å²) in [4.78, 5) is 0. The topological polar surface area (TPSA) is 60.0 Å². The highest BCUT2D eigenvalue weighted by Crippen LogP contribution is 2.09. The molecule has 3 nitrogen and oxygen atoms in total. The molecule has 2 atom stereocenters. The van der Waals surface area contributed by atoms with E-state index in [-0.39, 0.29) is 6.17 Å². The molecule has 0 spiro atoms. The largest absolute Gasteiger partial charge is 0.313 e. The molecule has 0 saturated carbocycles. The Bertz CT molecular complexity index is 121. The molecule has 3 heteroatoms. The smallest absolute Gasteiger partial charge is 0.0879 e. The first-order chi connectivity index (χ1) is 5.77. The molecule has 1 rings (SSSR count). The number of rotatable bonds is 6. The molecular formula is C9H21N3. The van der Waals surface area contributed by atoms with Gasteiger partial charge in [0, 0.05) is 6.04 Å². The van der Waals surface area contributed by atoms with Crippen molar-refractivity contribution in [3.8, 4) is 0 Å². The number of hydrogen-bond donors (Lipinski definition) is 3. The molecule has 1 aliphatic heterocycles.